The Morgan fingerprint density at radius 2 is 1.72 bits per heavy atom. The summed E-state index contributed by atoms with van der Waals surface area (Å²) < 4.78 is 30.4. The molecular weight excluding hydrogens is 417 g/mol. The smallest absolute Gasteiger partial charge is 0.332 e. The van der Waals surface area contributed by atoms with Gasteiger partial charge >= 0.3 is 5.69 Å². The zero-order chi connectivity index (χ0) is 22.1. The molecule has 0 saturated heterocycles. The van der Waals surface area contributed by atoms with Gasteiger partial charge in [0.15, 0.2) is 22.7 Å². The second-order valence-corrected chi connectivity index (χ2v) is 7.55. The maximum Gasteiger partial charge on any atom is 0.332 e. The van der Waals surface area contributed by atoms with E-state index in [0.29, 0.717) is 28.7 Å². The monoisotopic (exact) mass is 433 g/mol. The fraction of sp³-hybridized carbons (Fsp3) is 0.136. The number of rotatable bonds is 2. The molecule has 1 aliphatic rings. The van der Waals surface area contributed by atoms with Gasteiger partial charge in [-0.2, -0.15) is 4.98 Å². The normalized spacial score (nSPS) is 12.8. The summed E-state index contributed by atoms with van der Waals surface area (Å²) in [5, 5.41) is 0. The van der Waals surface area contributed by atoms with Gasteiger partial charge in [-0.05, 0) is 42.5 Å². The Bertz CT molecular complexity index is 1670. The van der Waals surface area contributed by atoms with Gasteiger partial charge in [-0.25, -0.2) is 9.18 Å². The van der Waals surface area contributed by atoms with Crippen molar-refractivity contribution < 1.29 is 13.9 Å². The fourth-order valence-electron chi connectivity index (χ4n) is 4.08. The van der Waals surface area contributed by atoms with E-state index in [9.17, 15) is 14.0 Å². The second kappa shape index (κ2) is 6.33. The molecule has 0 amide bonds. The van der Waals surface area contributed by atoms with Gasteiger partial charge in [-0.15, -0.1) is 0 Å². The molecule has 4 heterocycles. The Kier molecular flexibility index (Phi) is 3.65. The Balaban J connectivity index is 1.74. The number of halogens is 1. The minimum absolute atomic E-state index is 0.149. The lowest BCUT2D eigenvalue weighted by atomic mass is 10.1. The Hall–Kier alpha value is -4.34. The minimum Gasteiger partial charge on any atom is -0.454 e. The highest BCUT2D eigenvalue weighted by Crippen LogP contribution is 2.37. The minimum atomic E-state index is -0.465. The topological polar surface area (TPSA) is 84.7 Å². The standard InChI is InChI=1S/C22H16FN5O4/c1-25-19-18(20(29)26(2)22(25)30)27-10-15(12-3-8-16-17(9-12)32-11-31-16)28(21(27)24-19)14-6-4-13(23)5-7-14/h3-10H,11H2,1-2H3. The van der Waals surface area contributed by atoms with Crippen LogP contribution < -0.4 is 20.7 Å². The molecule has 0 atom stereocenters. The summed E-state index contributed by atoms with van der Waals surface area (Å²) in [5.74, 6) is 1.30. The van der Waals surface area contributed by atoms with Crippen molar-refractivity contribution in [2.45, 2.75) is 0 Å². The van der Waals surface area contributed by atoms with Gasteiger partial charge in [0.25, 0.3) is 5.56 Å². The largest absolute Gasteiger partial charge is 0.454 e. The van der Waals surface area contributed by atoms with Crippen molar-refractivity contribution in [3.63, 3.8) is 0 Å². The maximum absolute atomic E-state index is 13.6. The van der Waals surface area contributed by atoms with Gasteiger partial charge in [-0.1, -0.05) is 0 Å². The molecule has 160 valence electrons. The third-order valence-electron chi connectivity index (χ3n) is 5.72. The summed E-state index contributed by atoms with van der Waals surface area (Å²) in [6.07, 6.45) is 1.78. The van der Waals surface area contributed by atoms with Crippen LogP contribution >= 0.6 is 0 Å². The molecule has 0 unspecified atom stereocenters. The van der Waals surface area contributed by atoms with Crippen LogP contribution in [-0.2, 0) is 14.1 Å². The van der Waals surface area contributed by atoms with E-state index < -0.39 is 11.2 Å². The number of imidazole rings is 2. The molecule has 9 nitrogen and oxygen atoms in total. The van der Waals surface area contributed by atoms with E-state index in [1.807, 2.05) is 18.2 Å². The predicted molar refractivity (Wildman–Crippen MR) is 114 cm³/mol. The maximum atomic E-state index is 13.6. The van der Waals surface area contributed by atoms with Crippen LogP contribution in [-0.4, -0.2) is 29.9 Å². The van der Waals surface area contributed by atoms with Crippen LogP contribution in [0.1, 0.15) is 0 Å². The van der Waals surface area contributed by atoms with Crippen molar-refractivity contribution in [2.24, 2.45) is 14.1 Å². The SMILES string of the molecule is Cn1c(=O)c2c(nc3n(-c4ccc(F)cc4)c(-c4ccc5c(c4)OCO5)cn23)n(C)c1=O. The van der Waals surface area contributed by atoms with E-state index in [4.69, 9.17) is 9.47 Å². The Labute approximate surface area is 179 Å². The van der Waals surface area contributed by atoms with Gasteiger partial charge in [0.2, 0.25) is 12.6 Å². The number of hydrogen-bond donors (Lipinski definition) is 0. The average Bonchev–Trinajstić information content (AvgIpc) is 3.49. The molecule has 0 spiro atoms. The van der Waals surface area contributed by atoms with Crippen molar-refractivity contribution >= 4 is 16.9 Å². The summed E-state index contributed by atoms with van der Waals surface area (Å²) in [5.41, 5.74) is 1.76. The third-order valence-corrected chi connectivity index (χ3v) is 5.72. The third kappa shape index (κ3) is 2.40. The summed E-state index contributed by atoms with van der Waals surface area (Å²) in [4.78, 5) is 30.0. The van der Waals surface area contributed by atoms with Crippen molar-refractivity contribution in [1.29, 1.82) is 0 Å². The number of fused-ring (bicyclic) bond motifs is 4. The molecule has 0 radical (unpaired) electrons. The molecule has 3 aromatic heterocycles. The molecule has 1 aliphatic heterocycles. The van der Waals surface area contributed by atoms with E-state index in [0.717, 1.165) is 10.1 Å². The molecule has 32 heavy (non-hydrogen) atoms. The first-order chi connectivity index (χ1) is 15.4. The molecule has 5 aromatic rings. The van der Waals surface area contributed by atoms with Crippen molar-refractivity contribution in [3.05, 3.63) is 75.3 Å². The molecule has 0 fully saturated rings. The predicted octanol–water partition coefficient (Wildman–Crippen LogP) is 2.21. The van der Waals surface area contributed by atoms with Crippen LogP contribution in [0.4, 0.5) is 4.39 Å². The first-order valence-corrected chi connectivity index (χ1v) is 9.79. The number of ether oxygens (including phenoxy) is 2. The zero-order valence-electron chi connectivity index (χ0n) is 17.1. The van der Waals surface area contributed by atoms with Gasteiger partial charge < -0.3 is 9.47 Å². The summed E-state index contributed by atoms with van der Waals surface area (Å²) in [6.45, 7) is 0.149. The number of aromatic nitrogens is 5. The molecule has 2 aromatic carbocycles. The van der Waals surface area contributed by atoms with Crippen molar-refractivity contribution in [2.75, 3.05) is 6.79 Å². The number of aryl methyl sites for hydroxylation is 1. The van der Waals surface area contributed by atoms with Crippen LogP contribution in [0.5, 0.6) is 11.5 Å². The summed E-state index contributed by atoms with van der Waals surface area (Å²) >= 11 is 0. The quantitative estimate of drug-likeness (QED) is 0.426. The van der Waals surface area contributed by atoms with Crippen molar-refractivity contribution in [3.8, 4) is 28.4 Å². The number of benzene rings is 2. The second-order valence-electron chi connectivity index (χ2n) is 7.55. The van der Waals surface area contributed by atoms with Gasteiger partial charge in [0.05, 0.1) is 5.69 Å². The van der Waals surface area contributed by atoms with E-state index >= 15 is 0 Å². The zero-order valence-corrected chi connectivity index (χ0v) is 17.1. The number of nitrogens with zero attached hydrogens (tertiary/aromatic N) is 5. The van der Waals surface area contributed by atoms with E-state index in [1.54, 1.807) is 34.3 Å². The molecule has 0 saturated carbocycles. The molecule has 6 rings (SSSR count). The first kappa shape index (κ1) is 18.4. The van der Waals surface area contributed by atoms with Crippen LogP contribution in [0.2, 0.25) is 0 Å². The van der Waals surface area contributed by atoms with Crippen LogP contribution in [0.15, 0.2) is 58.3 Å². The molecule has 0 aliphatic carbocycles. The van der Waals surface area contributed by atoms with Gasteiger partial charge in [-0.3, -0.25) is 22.9 Å². The van der Waals surface area contributed by atoms with E-state index in [1.165, 1.54) is 23.7 Å². The molecule has 0 bridgehead atoms. The van der Waals surface area contributed by atoms with Crippen molar-refractivity contribution in [1.82, 2.24) is 23.1 Å². The molecule has 0 N–H and O–H groups in total. The Morgan fingerprint density at radius 3 is 2.50 bits per heavy atom. The lowest BCUT2D eigenvalue weighted by Crippen LogP contribution is -2.37. The first-order valence-electron chi connectivity index (χ1n) is 9.79. The van der Waals surface area contributed by atoms with Crippen LogP contribution in [0.25, 0.3) is 33.9 Å². The Morgan fingerprint density at radius 1 is 0.969 bits per heavy atom. The lowest BCUT2D eigenvalue weighted by molar-refractivity contribution is 0.174. The highest BCUT2D eigenvalue weighted by atomic mass is 19.1. The lowest BCUT2D eigenvalue weighted by Gasteiger charge is -2.10. The fourth-order valence-corrected chi connectivity index (χ4v) is 4.08. The molecular formula is C22H16FN5O4. The summed E-state index contributed by atoms with van der Waals surface area (Å²) in [7, 11) is 3.00. The van der Waals surface area contributed by atoms with Crippen LogP contribution in [0.3, 0.4) is 0 Å². The van der Waals surface area contributed by atoms with E-state index in [2.05, 4.69) is 4.98 Å². The van der Waals surface area contributed by atoms with Gasteiger partial charge in [0, 0.05) is 31.5 Å². The number of hydrogen-bond acceptors (Lipinski definition) is 5. The highest BCUT2D eigenvalue weighted by Gasteiger charge is 2.23. The molecule has 10 heteroatoms. The average molecular weight is 433 g/mol. The van der Waals surface area contributed by atoms with Crippen LogP contribution in [0, 0.1) is 5.82 Å². The van der Waals surface area contributed by atoms with Gasteiger partial charge in [0.1, 0.15) is 5.82 Å². The van der Waals surface area contributed by atoms with E-state index in [-0.39, 0.29) is 23.8 Å². The highest BCUT2D eigenvalue weighted by molar-refractivity contribution is 5.80. The summed E-state index contributed by atoms with van der Waals surface area (Å²) in [6, 6.07) is 11.5.